The molecule has 2 aromatic rings. The zero-order valence-corrected chi connectivity index (χ0v) is 17.7. The van der Waals surface area contributed by atoms with Crippen molar-refractivity contribution in [2.24, 2.45) is 0 Å². The number of hydrogen-bond donors (Lipinski definition) is 2. The van der Waals surface area contributed by atoms with E-state index in [1.807, 2.05) is 6.07 Å². The molecule has 3 rings (SSSR count). The van der Waals surface area contributed by atoms with Gasteiger partial charge in [-0.05, 0) is 29.7 Å². The van der Waals surface area contributed by atoms with Gasteiger partial charge in [0.25, 0.3) is 0 Å². The van der Waals surface area contributed by atoms with Gasteiger partial charge >= 0.3 is 12.3 Å². The average Bonchev–Trinajstić information content (AvgIpc) is 3.20. The first-order chi connectivity index (χ1) is 15.7. The maximum absolute atomic E-state index is 13.2. The van der Waals surface area contributed by atoms with E-state index in [1.165, 1.54) is 17.0 Å². The first-order valence-electron chi connectivity index (χ1n) is 10.4. The van der Waals surface area contributed by atoms with Crippen LogP contribution >= 0.6 is 0 Å². The number of ether oxygens (including phenoxy) is 1. The van der Waals surface area contributed by atoms with Crippen molar-refractivity contribution < 1.29 is 32.3 Å². The molecule has 1 heterocycles. The van der Waals surface area contributed by atoms with Crippen LogP contribution in [0.15, 0.2) is 54.6 Å². The van der Waals surface area contributed by atoms with Crippen LogP contribution in [-0.4, -0.2) is 42.4 Å². The van der Waals surface area contributed by atoms with E-state index in [1.54, 1.807) is 24.3 Å². The molecule has 0 bridgehead atoms. The van der Waals surface area contributed by atoms with Crippen LogP contribution in [0.4, 0.5) is 18.0 Å². The summed E-state index contributed by atoms with van der Waals surface area (Å²) in [5, 5.41) is 4.93. The fourth-order valence-corrected chi connectivity index (χ4v) is 3.46. The third-order valence-corrected chi connectivity index (χ3v) is 5.13. The van der Waals surface area contributed by atoms with Crippen LogP contribution in [0.3, 0.4) is 0 Å². The lowest BCUT2D eigenvalue weighted by molar-refractivity contribution is -0.137. The van der Waals surface area contributed by atoms with E-state index in [9.17, 15) is 27.6 Å². The Morgan fingerprint density at radius 2 is 1.85 bits per heavy atom. The number of alkyl halides is 3. The Bertz CT molecular complexity index is 982. The molecule has 7 nitrogen and oxygen atoms in total. The molecular formula is C23H24F3N3O4. The highest BCUT2D eigenvalue weighted by atomic mass is 19.4. The van der Waals surface area contributed by atoms with Crippen molar-refractivity contribution in [3.8, 4) is 0 Å². The molecule has 1 aliphatic rings. The molecule has 2 N–H and O–H groups in total. The molecule has 3 amide bonds. The van der Waals surface area contributed by atoms with Gasteiger partial charge in [-0.15, -0.1) is 0 Å². The minimum Gasteiger partial charge on any atom is -0.445 e. The number of alkyl carbamates (subject to hydrolysis) is 1. The van der Waals surface area contributed by atoms with Gasteiger partial charge in [-0.3, -0.25) is 9.59 Å². The van der Waals surface area contributed by atoms with Gasteiger partial charge in [0.2, 0.25) is 11.8 Å². The summed E-state index contributed by atoms with van der Waals surface area (Å²) in [6, 6.07) is 12.7. The Kier molecular flexibility index (Phi) is 7.92. The molecule has 1 unspecified atom stereocenters. The highest BCUT2D eigenvalue weighted by molar-refractivity contribution is 5.82. The smallest absolute Gasteiger partial charge is 0.416 e. The van der Waals surface area contributed by atoms with Crippen molar-refractivity contribution in [3.05, 3.63) is 71.3 Å². The lowest BCUT2D eigenvalue weighted by Gasteiger charge is -2.26. The zero-order chi connectivity index (χ0) is 23.8. The second kappa shape index (κ2) is 10.8. The predicted octanol–water partition coefficient (Wildman–Crippen LogP) is 3.41. The van der Waals surface area contributed by atoms with Crippen LogP contribution in [0, 0.1) is 0 Å². The highest BCUT2D eigenvalue weighted by Gasteiger charge is 2.32. The number of carbonyl (C=O) groups is 3. The third kappa shape index (κ3) is 7.23. The lowest BCUT2D eigenvalue weighted by Crippen LogP contribution is -2.43. The first-order valence-corrected chi connectivity index (χ1v) is 10.4. The molecule has 0 aliphatic carbocycles. The van der Waals surface area contributed by atoms with Gasteiger partial charge in [0.05, 0.1) is 11.6 Å². The number of carbonyl (C=O) groups excluding carboxylic acids is 3. The van der Waals surface area contributed by atoms with Crippen molar-refractivity contribution in [3.63, 3.8) is 0 Å². The molecule has 2 aromatic carbocycles. The Hall–Kier alpha value is -3.56. The third-order valence-electron chi connectivity index (χ3n) is 5.13. The Balaban J connectivity index is 1.61. The Morgan fingerprint density at radius 3 is 2.52 bits per heavy atom. The minimum absolute atomic E-state index is 0.0260. The molecule has 33 heavy (non-hydrogen) atoms. The summed E-state index contributed by atoms with van der Waals surface area (Å²) in [6.07, 6.45) is -4.34. The Labute approximate surface area is 188 Å². The standard InChI is InChI=1S/C23H24F3N3O4/c24-23(25,26)18-9-4-8-17(12-18)19(14-29-11-5-10-21(29)31)28-20(30)13-27-22(32)33-15-16-6-2-1-3-7-16/h1-4,6-9,12,19H,5,10-11,13-15H2,(H,27,32)(H,28,30). The van der Waals surface area contributed by atoms with Gasteiger partial charge in [0.15, 0.2) is 0 Å². The second-order valence-corrected chi connectivity index (χ2v) is 7.60. The van der Waals surface area contributed by atoms with Crippen LogP contribution in [0.5, 0.6) is 0 Å². The van der Waals surface area contributed by atoms with E-state index in [0.717, 1.165) is 17.7 Å². The summed E-state index contributed by atoms with van der Waals surface area (Å²) in [5.74, 6) is -0.746. The van der Waals surface area contributed by atoms with Gasteiger partial charge in [0, 0.05) is 19.5 Å². The van der Waals surface area contributed by atoms with Crippen LogP contribution < -0.4 is 10.6 Å². The number of nitrogens with zero attached hydrogens (tertiary/aromatic N) is 1. The molecule has 0 saturated carbocycles. The van der Waals surface area contributed by atoms with Crippen molar-refractivity contribution >= 4 is 17.9 Å². The molecule has 0 radical (unpaired) electrons. The van der Waals surface area contributed by atoms with Crippen molar-refractivity contribution in [2.75, 3.05) is 19.6 Å². The summed E-state index contributed by atoms with van der Waals surface area (Å²) in [4.78, 5) is 37.8. The van der Waals surface area contributed by atoms with Crippen LogP contribution in [0.25, 0.3) is 0 Å². The quantitative estimate of drug-likeness (QED) is 0.628. The average molecular weight is 463 g/mol. The molecule has 10 heteroatoms. The van der Waals surface area contributed by atoms with Crippen LogP contribution in [-0.2, 0) is 27.1 Å². The molecule has 176 valence electrons. The van der Waals surface area contributed by atoms with Crippen LogP contribution in [0.2, 0.25) is 0 Å². The normalized spacial score (nSPS) is 14.6. The molecule has 1 fully saturated rings. The van der Waals surface area contributed by atoms with Crippen LogP contribution in [0.1, 0.15) is 35.6 Å². The van der Waals surface area contributed by atoms with E-state index in [2.05, 4.69) is 10.6 Å². The number of amides is 3. The largest absolute Gasteiger partial charge is 0.445 e. The summed E-state index contributed by atoms with van der Waals surface area (Å²) < 4.78 is 44.5. The Morgan fingerprint density at radius 1 is 1.09 bits per heavy atom. The molecule has 1 atom stereocenters. The van der Waals surface area contributed by atoms with E-state index in [4.69, 9.17) is 4.74 Å². The fraction of sp³-hybridized carbons (Fsp3) is 0.348. The summed E-state index contributed by atoms with van der Waals surface area (Å²) in [5.41, 5.74) is 0.135. The second-order valence-electron chi connectivity index (χ2n) is 7.60. The lowest BCUT2D eigenvalue weighted by atomic mass is 10.0. The predicted molar refractivity (Wildman–Crippen MR) is 113 cm³/mol. The number of halogens is 3. The summed E-state index contributed by atoms with van der Waals surface area (Å²) in [7, 11) is 0. The first kappa shape index (κ1) is 24.1. The molecule has 1 saturated heterocycles. The molecule has 1 aliphatic heterocycles. The maximum atomic E-state index is 13.2. The topological polar surface area (TPSA) is 87.7 Å². The zero-order valence-electron chi connectivity index (χ0n) is 17.7. The number of hydrogen-bond acceptors (Lipinski definition) is 4. The monoisotopic (exact) mass is 463 g/mol. The molecule has 0 aromatic heterocycles. The summed E-state index contributed by atoms with van der Waals surface area (Å²) in [6.45, 7) is 0.0911. The van der Waals surface area contributed by atoms with Crippen molar-refractivity contribution in [1.82, 2.24) is 15.5 Å². The maximum Gasteiger partial charge on any atom is 0.416 e. The number of nitrogens with one attached hydrogen (secondary N) is 2. The molecule has 0 spiro atoms. The minimum atomic E-state index is -4.54. The fourth-order valence-electron chi connectivity index (χ4n) is 3.46. The van der Waals surface area contributed by atoms with E-state index in [0.29, 0.717) is 19.4 Å². The molecular weight excluding hydrogens is 439 g/mol. The van der Waals surface area contributed by atoms with Gasteiger partial charge in [-0.1, -0.05) is 42.5 Å². The van der Waals surface area contributed by atoms with Gasteiger partial charge in [-0.2, -0.15) is 13.2 Å². The van der Waals surface area contributed by atoms with Gasteiger partial charge in [-0.25, -0.2) is 4.79 Å². The van der Waals surface area contributed by atoms with Gasteiger partial charge < -0.3 is 20.3 Å². The van der Waals surface area contributed by atoms with Gasteiger partial charge in [0.1, 0.15) is 13.2 Å². The number of benzene rings is 2. The van der Waals surface area contributed by atoms with E-state index >= 15 is 0 Å². The van der Waals surface area contributed by atoms with E-state index in [-0.39, 0.29) is 24.6 Å². The summed E-state index contributed by atoms with van der Waals surface area (Å²) >= 11 is 0. The van der Waals surface area contributed by atoms with Crippen molar-refractivity contribution in [2.45, 2.75) is 31.7 Å². The highest BCUT2D eigenvalue weighted by Crippen LogP contribution is 2.31. The van der Waals surface area contributed by atoms with Crippen molar-refractivity contribution in [1.29, 1.82) is 0 Å². The van der Waals surface area contributed by atoms with E-state index < -0.39 is 36.3 Å². The SMILES string of the molecule is O=C(CNC(=O)OCc1ccccc1)NC(CN1CCCC1=O)c1cccc(C(F)(F)F)c1. The number of likely N-dealkylation sites (tertiary alicyclic amines) is 1. The number of rotatable bonds is 8.